The number of anilines is 3. The second-order valence-electron chi connectivity index (χ2n) is 16.1. The van der Waals surface area contributed by atoms with Gasteiger partial charge in [0.1, 0.15) is 28.8 Å². The Morgan fingerprint density at radius 1 is 0.672 bits per heavy atom. The van der Waals surface area contributed by atoms with E-state index in [2.05, 4.69) is 9.80 Å². The van der Waals surface area contributed by atoms with Crippen molar-refractivity contribution in [1.29, 1.82) is 0 Å². The maximum Gasteiger partial charge on any atom is 0.241 e. The van der Waals surface area contributed by atoms with E-state index in [-0.39, 0.29) is 54.5 Å². The number of halogens is 4. The number of hydrazine groups is 1. The summed E-state index contributed by atoms with van der Waals surface area (Å²) in [6.45, 7) is 7.95. The smallest absolute Gasteiger partial charge is 0.241 e. The van der Waals surface area contributed by atoms with E-state index in [9.17, 15) is 0 Å². The molecule has 2 unspecified atom stereocenters. The van der Waals surface area contributed by atoms with Crippen LogP contribution in [0.1, 0.15) is 45.1 Å². The summed E-state index contributed by atoms with van der Waals surface area (Å²) >= 11 is 0. The second kappa shape index (κ2) is 20.3. The second-order valence-corrected chi connectivity index (χ2v) is 16.1. The van der Waals surface area contributed by atoms with Crippen LogP contribution >= 0.6 is 24.8 Å². The molecule has 4 heterocycles. The fraction of sp³-hybridized carbons (Fsp3) is 0.306. The van der Waals surface area contributed by atoms with Crippen LogP contribution in [0.4, 0.5) is 26.4 Å². The Kier molecular flexibility index (Phi) is 14.7. The molecule has 2 saturated heterocycles. The summed E-state index contributed by atoms with van der Waals surface area (Å²) in [5, 5.41) is 3.21. The van der Waals surface area contributed by atoms with E-state index < -0.39 is 0 Å². The van der Waals surface area contributed by atoms with Crippen molar-refractivity contribution < 1.29 is 18.3 Å². The highest BCUT2D eigenvalue weighted by Crippen LogP contribution is 2.39. The molecule has 0 spiro atoms. The molecule has 334 valence electrons. The van der Waals surface area contributed by atoms with Gasteiger partial charge in [-0.05, 0) is 113 Å². The number of nitrogen functional groups attached to an aromatic ring is 1. The van der Waals surface area contributed by atoms with Gasteiger partial charge in [0.25, 0.3) is 0 Å². The molecule has 2 aromatic heterocycles. The summed E-state index contributed by atoms with van der Waals surface area (Å²) in [6, 6.07) is 32.7. The molecule has 2 aliphatic heterocycles. The van der Waals surface area contributed by atoms with E-state index in [1.165, 1.54) is 12.1 Å². The van der Waals surface area contributed by atoms with Crippen LogP contribution in [0.5, 0.6) is 11.5 Å². The van der Waals surface area contributed by atoms with Gasteiger partial charge in [-0.25, -0.2) is 34.6 Å². The molecule has 0 radical (unpaired) electrons. The molecule has 2 atom stereocenters. The average molecular weight is 909 g/mol. The lowest BCUT2D eigenvalue weighted by Crippen LogP contribution is -2.56. The van der Waals surface area contributed by atoms with Crippen molar-refractivity contribution in [3.63, 3.8) is 0 Å². The first kappa shape index (κ1) is 46.1. The standard InChI is InChI=1S/C49H51F2N9O2.2ClH/c1-3-61-43-27-31(28-44(45(43)52)62-4-2)30-58-24-21-32(22-25-58)42-29-33(60(53)49-55-41-20-12-8-16-37(41)47(57-49)35-14-6-10-18-39(35)51)23-26-59(42)48-54-40-19-11-7-15-36(40)46(56-48)34-13-5-9-17-38(34)50;;/h5-20,27-28,32-33,42H,3-4,21-26,29-30,52-53H2,1-2H3;2*1H. The monoisotopic (exact) mass is 907 g/mol. The number of piperidine rings is 2. The third kappa shape index (κ3) is 9.35. The molecule has 4 N–H and O–H groups in total. The van der Waals surface area contributed by atoms with E-state index in [1.54, 1.807) is 35.3 Å². The molecule has 64 heavy (non-hydrogen) atoms. The Bertz CT molecular complexity index is 2700. The lowest BCUT2D eigenvalue weighted by Gasteiger charge is -2.47. The van der Waals surface area contributed by atoms with E-state index in [0.717, 1.165) is 54.3 Å². The van der Waals surface area contributed by atoms with Crippen LogP contribution in [-0.2, 0) is 6.54 Å². The van der Waals surface area contributed by atoms with Crippen molar-refractivity contribution in [3.8, 4) is 34.0 Å². The van der Waals surface area contributed by atoms with Crippen molar-refractivity contribution in [2.24, 2.45) is 11.8 Å². The molecule has 0 bridgehead atoms. The first-order valence-electron chi connectivity index (χ1n) is 21.5. The molecule has 5 aromatic carbocycles. The number of benzene rings is 5. The summed E-state index contributed by atoms with van der Waals surface area (Å²) in [5.41, 5.74) is 11.3. The van der Waals surface area contributed by atoms with Gasteiger partial charge in [-0.1, -0.05) is 60.7 Å². The highest BCUT2D eigenvalue weighted by Gasteiger charge is 2.39. The number of para-hydroxylation sites is 2. The molecule has 9 rings (SSSR count). The van der Waals surface area contributed by atoms with Crippen LogP contribution < -0.4 is 31.0 Å². The Labute approximate surface area is 384 Å². The summed E-state index contributed by atoms with van der Waals surface area (Å²) in [6.07, 6.45) is 3.16. The lowest BCUT2D eigenvalue weighted by atomic mass is 9.82. The predicted octanol–water partition coefficient (Wildman–Crippen LogP) is 10.0. The van der Waals surface area contributed by atoms with E-state index >= 15 is 8.78 Å². The molecular weight excluding hydrogens is 856 g/mol. The van der Waals surface area contributed by atoms with Gasteiger partial charge >= 0.3 is 0 Å². The molecule has 2 aliphatic rings. The number of nitrogens with two attached hydrogens (primary N) is 2. The van der Waals surface area contributed by atoms with E-state index in [4.69, 9.17) is 41.0 Å². The number of fused-ring (bicyclic) bond motifs is 2. The minimum atomic E-state index is -0.364. The number of ether oxygens (including phenoxy) is 2. The van der Waals surface area contributed by atoms with Gasteiger partial charge in [-0.2, -0.15) is 0 Å². The number of hydrogen-bond acceptors (Lipinski definition) is 11. The number of nitrogens with zero attached hydrogens (tertiary/aromatic N) is 7. The molecule has 0 amide bonds. The maximum atomic E-state index is 15.5. The van der Waals surface area contributed by atoms with Crippen molar-refractivity contribution in [1.82, 2.24) is 24.8 Å². The minimum absolute atomic E-state index is 0. The summed E-state index contributed by atoms with van der Waals surface area (Å²) in [4.78, 5) is 25.0. The number of likely N-dealkylation sites (tertiary alicyclic amines) is 1. The van der Waals surface area contributed by atoms with Crippen LogP contribution in [0.15, 0.2) is 109 Å². The third-order valence-corrected chi connectivity index (χ3v) is 12.3. The van der Waals surface area contributed by atoms with Gasteiger partial charge in [0.15, 0.2) is 0 Å². The van der Waals surface area contributed by atoms with Crippen LogP contribution in [0.2, 0.25) is 0 Å². The van der Waals surface area contributed by atoms with Crippen molar-refractivity contribution in [2.75, 3.05) is 48.5 Å². The van der Waals surface area contributed by atoms with Gasteiger partial charge in [0, 0.05) is 41.0 Å². The first-order chi connectivity index (χ1) is 30.3. The Hall–Kier alpha value is -5.86. The molecule has 11 nitrogen and oxygen atoms in total. The fourth-order valence-corrected chi connectivity index (χ4v) is 9.23. The van der Waals surface area contributed by atoms with E-state index in [0.29, 0.717) is 89.7 Å². The van der Waals surface area contributed by atoms with Crippen LogP contribution in [0.25, 0.3) is 44.3 Å². The van der Waals surface area contributed by atoms with Gasteiger partial charge in [0.2, 0.25) is 11.9 Å². The zero-order valence-electron chi connectivity index (χ0n) is 35.9. The lowest BCUT2D eigenvalue weighted by molar-refractivity contribution is 0.148. The van der Waals surface area contributed by atoms with Gasteiger partial charge in [-0.15, -0.1) is 24.8 Å². The molecule has 7 aromatic rings. The first-order valence-corrected chi connectivity index (χ1v) is 21.5. The number of aromatic nitrogens is 4. The van der Waals surface area contributed by atoms with Crippen LogP contribution in [0.3, 0.4) is 0 Å². The minimum Gasteiger partial charge on any atom is -0.492 e. The SMILES string of the molecule is CCOc1cc(CN2CCC(C3CC(N(N)c4nc(-c5ccccc5F)c5ccccc5n4)CCN3c3nc(-c4ccccc4F)c4ccccc4n3)CC2)cc(OCC)c1N.Cl.Cl. The zero-order chi connectivity index (χ0) is 42.7. The predicted molar refractivity (Wildman–Crippen MR) is 256 cm³/mol. The highest BCUT2D eigenvalue weighted by atomic mass is 35.5. The highest BCUT2D eigenvalue weighted by molar-refractivity contribution is 5.94. The molecule has 2 fully saturated rings. The molecule has 15 heteroatoms. The Balaban J connectivity index is 0.00000306. The summed E-state index contributed by atoms with van der Waals surface area (Å²) in [5.74, 6) is 8.81. The van der Waals surface area contributed by atoms with E-state index in [1.807, 2.05) is 80.6 Å². The van der Waals surface area contributed by atoms with Crippen molar-refractivity contribution in [3.05, 3.63) is 126 Å². The zero-order valence-corrected chi connectivity index (χ0v) is 37.5. The number of rotatable bonds is 12. The normalized spacial score (nSPS) is 16.9. The fourth-order valence-electron chi connectivity index (χ4n) is 9.23. The quantitative estimate of drug-likeness (QED) is 0.0690. The van der Waals surface area contributed by atoms with Crippen LogP contribution in [0, 0.1) is 17.6 Å². The molecule has 0 aliphatic carbocycles. The maximum absolute atomic E-state index is 15.5. The number of hydrogen-bond donors (Lipinski definition) is 2. The Morgan fingerprint density at radius 2 is 1.20 bits per heavy atom. The van der Waals surface area contributed by atoms with Crippen molar-refractivity contribution >= 4 is 64.2 Å². The topological polar surface area (TPSA) is 132 Å². The van der Waals surface area contributed by atoms with Gasteiger partial charge in [0.05, 0.1) is 41.7 Å². The van der Waals surface area contributed by atoms with Crippen molar-refractivity contribution in [2.45, 2.75) is 58.2 Å². The molecular formula is C49H53Cl2F2N9O2. The van der Waals surface area contributed by atoms with Gasteiger partial charge in [-0.3, -0.25) is 9.91 Å². The summed E-state index contributed by atoms with van der Waals surface area (Å²) < 4.78 is 42.6. The van der Waals surface area contributed by atoms with Crippen LogP contribution in [-0.4, -0.2) is 69.8 Å². The molecule has 0 saturated carbocycles. The third-order valence-electron chi connectivity index (χ3n) is 12.3. The average Bonchev–Trinajstić information content (AvgIpc) is 3.30. The largest absolute Gasteiger partial charge is 0.492 e. The summed E-state index contributed by atoms with van der Waals surface area (Å²) in [7, 11) is 0. The van der Waals surface area contributed by atoms with Gasteiger partial charge < -0.3 is 20.1 Å². The Morgan fingerprint density at radius 3 is 1.78 bits per heavy atom.